The van der Waals surface area contributed by atoms with Gasteiger partial charge in [-0.2, -0.15) is 0 Å². The SMILES string of the molecule is CCO.O.[Li]. The minimum absolute atomic E-state index is 0. The summed E-state index contributed by atoms with van der Waals surface area (Å²) in [5.41, 5.74) is 0. The summed E-state index contributed by atoms with van der Waals surface area (Å²) in [6.07, 6.45) is 0. The van der Waals surface area contributed by atoms with Crippen molar-refractivity contribution in [1.82, 2.24) is 0 Å². The first kappa shape index (κ1) is 17.8. The second-order valence-corrected chi connectivity index (χ2v) is 0.316. The molecule has 0 atom stereocenters. The molecular weight excluding hydrogens is 63.0 g/mol. The Morgan fingerprint density at radius 3 is 1.60 bits per heavy atom. The third-order valence-electron chi connectivity index (χ3n) is 0. The van der Waals surface area contributed by atoms with Crippen molar-refractivity contribution in [2.45, 2.75) is 6.92 Å². The van der Waals surface area contributed by atoms with Gasteiger partial charge in [0.25, 0.3) is 0 Å². The number of aliphatic hydroxyl groups excluding tert-OH is 1. The van der Waals surface area contributed by atoms with Gasteiger partial charge in [-0.15, -0.1) is 0 Å². The molecule has 29 valence electrons. The summed E-state index contributed by atoms with van der Waals surface area (Å²) < 4.78 is 0. The van der Waals surface area contributed by atoms with Gasteiger partial charge in [-0.05, 0) is 6.92 Å². The normalized spacial score (nSPS) is 3.60. The Morgan fingerprint density at radius 2 is 1.60 bits per heavy atom. The Labute approximate surface area is 43.7 Å². The summed E-state index contributed by atoms with van der Waals surface area (Å²) in [5.74, 6) is 0. The van der Waals surface area contributed by atoms with Gasteiger partial charge in [0, 0.05) is 25.5 Å². The summed E-state index contributed by atoms with van der Waals surface area (Å²) in [4.78, 5) is 0. The van der Waals surface area contributed by atoms with E-state index >= 15 is 0 Å². The molecule has 0 bridgehead atoms. The zero-order valence-electron chi connectivity index (χ0n) is 3.65. The monoisotopic (exact) mass is 71.1 g/mol. The van der Waals surface area contributed by atoms with Gasteiger partial charge >= 0.3 is 0 Å². The summed E-state index contributed by atoms with van der Waals surface area (Å²) in [6, 6.07) is 0. The van der Waals surface area contributed by atoms with Gasteiger partial charge < -0.3 is 10.6 Å². The van der Waals surface area contributed by atoms with Crippen LogP contribution in [0.3, 0.4) is 0 Å². The maximum atomic E-state index is 7.57. The van der Waals surface area contributed by atoms with Crippen LogP contribution in [0, 0.1) is 0 Å². The van der Waals surface area contributed by atoms with Crippen LogP contribution >= 0.6 is 0 Å². The molecule has 0 unspecified atom stereocenters. The van der Waals surface area contributed by atoms with E-state index in [1.165, 1.54) is 0 Å². The molecule has 1 radical (unpaired) electrons. The van der Waals surface area contributed by atoms with Crippen molar-refractivity contribution in [3.63, 3.8) is 0 Å². The van der Waals surface area contributed by atoms with Crippen LogP contribution < -0.4 is 0 Å². The second-order valence-electron chi connectivity index (χ2n) is 0.316. The molecule has 0 aliphatic heterocycles. The maximum absolute atomic E-state index is 7.57. The summed E-state index contributed by atoms with van der Waals surface area (Å²) in [7, 11) is 0. The molecule has 3 heteroatoms. The smallest absolute Gasteiger partial charge is 0.0402 e. The van der Waals surface area contributed by atoms with E-state index in [2.05, 4.69) is 0 Å². The maximum Gasteiger partial charge on any atom is 0.0402 e. The minimum Gasteiger partial charge on any atom is -0.412 e. The largest absolute Gasteiger partial charge is 0.412 e. The van der Waals surface area contributed by atoms with Crippen LogP contribution in [0.1, 0.15) is 6.92 Å². The molecule has 0 fully saturated rings. The second kappa shape index (κ2) is 24.3. The van der Waals surface area contributed by atoms with E-state index in [0.717, 1.165) is 0 Å². The van der Waals surface area contributed by atoms with Gasteiger partial charge in [0.05, 0.1) is 0 Å². The van der Waals surface area contributed by atoms with Crippen molar-refractivity contribution in [2.75, 3.05) is 6.61 Å². The molecule has 0 aliphatic carbocycles. The molecule has 0 amide bonds. The number of rotatable bonds is 0. The summed E-state index contributed by atoms with van der Waals surface area (Å²) in [5, 5.41) is 7.57. The zero-order valence-corrected chi connectivity index (χ0v) is 3.65. The molecule has 0 saturated heterocycles. The molecule has 0 aromatic heterocycles. The van der Waals surface area contributed by atoms with Crippen molar-refractivity contribution >= 4 is 18.9 Å². The van der Waals surface area contributed by atoms with Gasteiger partial charge in [0.2, 0.25) is 0 Å². The van der Waals surface area contributed by atoms with E-state index in [1.807, 2.05) is 0 Å². The fourth-order valence-corrected chi connectivity index (χ4v) is 0. The number of hydrogen-bond donors (Lipinski definition) is 1. The van der Waals surface area contributed by atoms with Crippen molar-refractivity contribution in [2.24, 2.45) is 0 Å². The van der Waals surface area contributed by atoms with Gasteiger partial charge in [-0.1, -0.05) is 0 Å². The minimum atomic E-state index is 0. The quantitative estimate of drug-likeness (QED) is 0.358. The van der Waals surface area contributed by atoms with E-state index in [4.69, 9.17) is 5.11 Å². The van der Waals surface area contributed by atoms with Crippen molar-refractivity contribution in [1.29, 1.82) is 0 Å². The van der Waals surface area contributed by atoms with Gasteiger partial charge in [-0.25, -0.2) is 0 Å². The van der Waals surface area contributed by atoms with Crippen LogP contribution in [-0.2, 0) is 0 Å². The third-order valence-corrected chi connectivity index (χ3v) is 0. The molecule has 0 aromatic carbocycles. The molecule has 0 rings (SSSR count). The Kier molecular flexibility index (Phi) is 86.3. The topological polar surface area (TPSA) is 51.7 Å². The molecule has 0 aromatic rings. The Hall–Kier alpha value is 0.517. The predicted octanol–water partition coefficient (Wildman–Crippen LogP) is -1.21. The summed E-state index contributed by atoms with van der Waals surface area (Å²) in [6.45, 7) is 1.93. The van der Waals surface area contributed by atoms with E-state index in [1.54, 1.807) is 6.92 Å². The predicted molar refractivity (Wildman–Crippen MR) is 22.1 cm³/mol. The zero-order chi connectivity index (χ0) is 2.71. The Bertz CT molecular complexity index is 7.61. The molecule has 0 spiro atoms. The van der Waals surface area contributed by atoms with Crippen molar-refractivity contribution in [3.05, 3.63) is 0 Å². The van der Waals surface area contributed by atoms with Gasteiger partial charge in [0.15, 0.2) is 0 Å². The third kappa shape index (κ3) is 107. The van der Waals surface area contributed by atoms with Gasteiger partial charge in [0.1, 0.15) is 0 Å². The Balaban J connectivity index is -0.0000000200. The van der Waals surface area contributed by atoms with E-state index in [-0.39, 0.29) is 30.9 Å². The molecule has 0 saturated carbocycles. The van der Waals surface area contributed by atoms with E-state index in [0.29, 0.717) is 0 Å². The first-order chi connectivity index (χ1) is 1.41. The average Bonchev–Trinajstić information content (AvgIpc) is 0.918. The first-order valence-corrected chi connectivity index (χ1v) is 1.02. The Morgan fingerprint density at radius 1 is 1.60 bits per heavy atom. The average molecular weight is 71.0 g/mol. The molecule has 3 N–H and O–H groups in total. The standard InChI is InChI=1S/C2H6O.Li.H2O/c1-2-3;;/h3H,2H2,1H3;;1H2. The fraction of sp³-hybridized carbons (Fsp3) is 1.00. The number of hydrogen-bond acceptors (Lipinski definition) is 1. The number of aliphatic hydroxyl groups is 1. The van der Waals surface area contributed by atoms with E-state index < -0.39 is 0 Å². The van der Waals surface area contributed by atoms with E-state index in [9.17, 15) is 0 Å². The van der Waals surface area contributed by atoms with Gasteiger partial charge in [-0.3, -0.25) is 0 Å². The molecular formula is C2H8LiO2. The van der Waals surface area contributed by atoms with Crippen molar-refractivity contribution in [3.8, 4) is 0 Å². The van der Waals surface area contributed by atoms with Crippen molar-refractivity contribution < 1.29 is 10.6 Å². The molecule has 5 heavy (non-hydrogen) atoms. The van der Waals surface area contributed by atoms with Crippen LogP contribution in [0.4, 0.5) is 0 Å². The van der Waals surface area contributed by atoms with Crippen LogP contribution in [0.25, 0.3) is 0 Å². The molecule has 0 heterocycles. The molecule has 2 nitrogen and oxygen atoms in total. The van der Waals surface area contributed by atoms with Crippen LogP contribution in [0.15, 0.2) is 0 Å². The first-order valence-electron chi connectivity index (χ1n) is 1.02. The summed E-state index contributed by atoms with van der Waals surface area (Å²) >= 11 is 0. The van der Waals surface area contributed by atoms with Crippen LogP contribution in [0.2, 0.25) is 0 Å². The van der Waals surface area contributed by atoms with Crippen LogP contribution in [-0.4, -0.2) is 36.1 Å². The molecule has 0 aliphatic rings. The van der Waals surface area contributed by atoms with Crippen LogP contribution in [0.5, 0.6) is 0 Å². The fourth-order valence-electron chi connectivity index (χ4n) is 0.